The second-order valence-corrected chi connectivity index (χ2v) is 6.07. The standard InChI is InChI=1S/C12H12N2O5S/c1-19-9-4-3-8(7-10(9)20(2,17)18)14-6-5-11(15)13-12(14)16/h3-7H,1-2H3,(H,13,15,16). The lowest BCUT2D eigenvalue weighted by Crippen LogP contribution is -2.27. The molecule has 0 aliphatic rings. The first-order valence-electron chi connectivity index (χ1n) is 5.53. The summed E-state index contributed by atoms with van der Waals surface area (Å²) in [6.07, 6.45) is 2.32. The van der Waals surface area contributed by atoms with Gasteiger partial charge < -0.3 is 4.74 Å². The van der Waals surface area contributed by atoms with E-state index in [1.54, 1.807) is 0 Å². The van der Waals surface area contributed by atoms with Crippen LogP contribution in [0.2, 0.25) is 0 Å². The van der Waals surface area contributed by atoms with Crippen molar-refractivity contribution in [2.45, 2.75) is 4.90 Å². The number of rotatable bonds is 3. The van der Waals surface area contributed by atoms with Crippen molar-refractivity contribution in [3.63, 3.8) is 0 Å². The van der Waals surface area contributed by atoms with Crippen LogP contribution in [0, 0.1) is 0 Å². The summed E-state index contributed by atoms with van der Waals surface area (Å²) < 4.78 is 29.5. The Morgan fingerprint density at radius 3 is 2.45 bits per heavy atom. The highest BCUT2D eigenvalue weighted by atomic mass is 32.2. The lowest BCUT2D eigenvalue weighted by Gasteiger charge is -2.10. The van der Waals surface area contributed by atoms with Gasteiger partial charge in [0.1, 0.15) is 10.6 Å². The van der Waals surface area contributed by atoms with Crippen molar-refractivity contribution < 1.29 is 13.2 Å². The highest BCUT2D eigenvalue weighted by Gasteiger charge is 2.15. The molecule has 2 rings (SSSR count). The second kappa shape index (κ2) is 4.97. The zero-order valence-electron chi connectivity index (χ0n) is 10.8. The molecule has 2 aromatic rings. The maximum absolute atomic E-state index is 11.7. The summed E-state index contributed by atoms with van der Waals surface area (Å²) in [6.45, 7) is 0. The number of aromatic nitrogens is 2. The Morgan fingerprint density at radius 1 is 1.20 bits per heavy atom. The highest BCUT2D eigenvalue weighted by molar-refractivity contribution is 7.90. The van der Waals surface area contributed by atoms with Crippen LogP contribution in [-0.4, -0.2) is 31.3 Å². The maximum atomic E-state index is 11.7. The summed E-state index contributed by atoms with van der Waals surface area (Å²) in [6, 6.07) is 5.45. The molecule has 0 radical (unpaired) electrons. The summed E-state index contributed by atoms with van der Waals surface area (Å²) >= 11 is 0. The van der Waals surface area contributed by atoms with Crippen LogP contribution in [0.5, 0.6) is 5.75 Å². The van der Waals surface area contributed by atoms with Gasteiger partial charge in [0.2, 0.25) is 0 Å². The van der Waals surface area contributed by atoms with Gasteiger partial charge in [0, 0.05) is 18.5 Å². The molecule has 20 heavy (non-hydrogen) atoms. The molecule has 0 fully saturated rings. The van der Waals surface area contributed by atoms with Crippen molar-refractivity contribution in [3.05, 3.63) is 51.3 Å². The first-order chi connectivity index (χ1) is 9.32. The molecule has 8 heteroatoms. The van der Waals surface area contributed by atoms with Crippen LogP contribution in [0.15, 0.2) is 44.9 Å². The molecule has 1 heterocycles. The zero-order chi connectivity index (χ0) is 14.9. The van der Waals surface area contributed by atoms with Crippen molar-refractivity contribution in [3.8, 4) is 11.4 Å². The van der Waals surface area contributed by atoms with E-state index in [0.29, 0.717) is 5.69 Å². The van der Waals surface area contributed by atoms with Gasteiger partial charge in [-0.3, -0.25) is 14.3 Å². The number of nitrogens with one attached hydrogen (secondary N) is 1. The number of methoxy groups -OCH3 is 1. The summed E-state index contributed by atoms with van der Waals surface area (Å²) in [7, 11) is -2.15. The topological polar surface area (TPSA) is 98.2 Å². The molecule has 1 aromatic heterocycles. The molecular weight excluding hydrogens is 284 g/mol. The van der Waals surface area contributed by atoms with E-state index in [4.69, 9.17) is 4.74 Å². The van der Waals surface area contributed by atoms with Crippen LogP contribution in [0.25, 0.3) is 5.69 Å². The SMILES string of the molecule is COc1ccc(-n2ccc(=O)[nH]c2=O)cc1S(C)(=O)=O. The summed E-state index contributed by atoms with van der Waals surface area (Å²) in [4.78, 5) is 24.8. The van der Waals surface area contributed by atoms with E-state index in [1.807, 2.05) is 0 Å². The molecule has 0 bridgehead atoms. The number of H-pyrrole nitrogens is 1. The number of benzene rings is 1. The quantitative estimate of drug-likeness (QED) is 0.855. The minimum Gasteiger partial charge on any atom is -0.495 e. The molecule has 1 aromatic carbocycles. The van der Waals surface area contributed by atoms with Crippen molar-refractivity contribution in [2.75, 3.05) is 13.4 Å². The Kier molecular flexibility index (Phi) is 3.49. The average Bonchev–Trinajstić information content (AvgIpc) is 2.37. The lowest BCUT2D eigenvalue weighted by atomic mass is 10.3. The fourth-order valence-corrected chi connectivity index (χ4v) is 2.58. The molecule has 7 nitrogen and oxygen atoms in total. The van der Waals surface area contributed by atoms with Gasteiger partial charge in [0.15, 0.2) is 9.84 Å². The second-order valence-electron chi connectivity index (χ2n) is 4.09. The smallest absolute Gasteiger partial charge is 0.332 e. The minimum atomic E-state index is -3.51. The fourth-order valence-electron chi connectivity index (χ4n) is 1.73. The van der Waals surface area contributed by atoms with Gasteiger partial charge in [0.25, 0.3) is 5.56 Å². The molecule has 0 atom stereocenters. The summed E-state index contributed by atoms with van der Waals surface area (Å²) in [5.74, 6) is 0.189. The Hall–Kier alpha value is -2.35. The minimum absolute atomic E-state index is 0.0319. The fraction of sp³-hybridized carbons (Fsp3) is 0.167. The van der Waals surface area contributed by atoms with Crippen LogP contribution >= 0.6 is 0 Å². The lowest BCUT2D eigenvalue weighted by molar-refractivity contribution is 0.403. The monoisotopic (exact) mass is 296 g/mol. The number of hydrogen-bond donors (Lipinski definition) is 1. The largest absolute Gasteiger partial charge is 0.495 e. The van der Waals surface area contributed by atoms with E-state index in [9.17, 15) is 18.0 Å². The highest BCUT2D eigenvalue weighted by Crippen LogP contribution is 2.25. The molecule has 1 N–H and O–H groups in total. The molecule has 0 saturated heterocycles. The van der Waals surface area contributed by atoms with Crippen LogP contribution < -0.4 is 16.0 Å². The third kappa shape index (κ3) is 2.64. The van der Waals surface area contributed by atoms with Crippen LogP contribution in [0.1, 0.15) is 0 Å². The van der Waals surface area contributed by atoms with E-state index in [0.717, 1.165) is 10.8 Å². The zero-order valence-corrected chi connectivity index (χ0v) is 11.6. The molecular formula is C12H12N2O5S. The third-order valence-corrected chi connectivity index (χ3v) is 3.77. The maximum Gasteiger partial charge on any atom is 0.332 e. The molecule has 0 unspecified atom stereocenters. The van der Waals surface area contributed by atoms with E-state index < -0.39 is 21.1 Å². The van der Waals surface area contributed by atoms with E-state index in [2.05, 4.69) is 4.98 Å². The molecule has 106 valence electrons. The van der Waals surface area contributed by atoms with E-state index in [-0.39, 0.29) is 10.6 Å². The van der Waals surface area contributed by atoms with Crippen molar-refractivity contribution >= 4 is 9.84 Å². The Bertz CT molecular complexity index is 864. The normalized spacial score (nSPS) is 11.3. The Balaban J connectivity index is 2.71. The van der Waals surface area contributed by atoms with E-state index >= 15 is 0 Å². The number of hydrogen-bond acceptors (Lipinski definition) is 5. The molecule has 0 amide bonds. The van der Waals surface area contributed by atoms with Crippen LogP contribution in [0.3, 0.4) is 0 Å². The number of aromatic amines is 1. The van der Waals surface area contributed by atoms with Crippen LogP contribution in [0.4, 0.5) is 0 Å². The van der Waals surface area contributed by atoms with Gasteiger partial charge in [-0.2, -0.15) is 0 Å². The summed E-state index contributed by atoms with van der Waals surface area (Å²) in [5, 5.41) is 0. The van der Waals surface area contributed by atoms with Gasteiger partial charge in [0.05, 0.1) is 12.8 Å². The Morgan fingerprint density at radius 2 is 1.90 bits per heavy atom. The number of ether oxygens (including phenoxy) is 1. The molecule has 0 spiro atoms. The summed E-state index contributed by atoms with van der Waals surface area (Å²) in [5.41, 5.74) is -0.863. The van der Waals surface area contributed by atoms with Gasteiger partial charge in [-0.15, -0.1) is 0 Å². The van der Waals surface area contributed by atoms with Gasteiger partial charge >= 0.3 is 5.69 Å². The number of sulfone groups is 1. The number of nitrogens with zero attached hydrogens (tertiary/aromatic N) is 1. The van der Waals surface area contributed by atoms with Gasteiger partial charge in [-0.05, 0) is 18.2 Å². The molecule has 0 aliphatic carbocycles. The predicted octanol–water partition coefficient (Wildman–Crippen LogP) is -0.0621. The Labute approximate surface area is 114 Å². The molecule has 0 saturated carbocycles. The van der Waals surface area contributed by atoms with Crippen molar-refractivity contribution in [1.29, 1.82) is 0 Å². The third-order valence-electron chi connectivity index (χ3n) is 2.65. The van der Waals surface area contributed by atoms with Crippen LogP contribution in [-0.2, 0) is 9.84 Å². The molecule has 0 aliphatic heterocycles. The van der Waals surface area contributed by atoms with Gasteiger partial charge in [-0.25, -0.2) is 13.2 Å². The first kappa shape index (κ1) is 14.1. The first-order valence-corrected chi connectivity index (χ1v) is 7.42. The van der Waals surface area contributed by atoms with Crippen molar-refractivity contribution in [1.82, 2.24) is 9.55 Å². The average molecular weight is 296 g/mol. The van der Waals surface area contributed by atoms with Gasteiger partial charge in [-0.1, -0.05) is 0 Å². The predicted molar refractivity (Wildman–Crippen MR) is 72.3 cm³/mol. The van der Waals surface area contributed by atoms with Crippen molar-refractivity contribution in [2.24, 2.45) is 0 Å². The van der Waals surface area contributed by atoms with E-state index in [1.165, 1.54) is 37.6 Å².